The minimum atomic E-state index is 0. The topological polar surface area (TPSA) is 0 Å². The molecular weight excluding hydrogens is 238 g/mol. The van der Waals surface area contributed by atoms with Gasteiger partial charge >= 0.3 is 0 Å². The molecular formula is C12H24BrN. The Morgan fingerprint density at radius 3 is 1.14 bits per heavy atom. The number of hydrogen-bond donors (Lipinski definition) is 0. The Bertz CT molecular complexity index is 142. The summed E-state index contributed by atoms with van der Waals surface area (Å²) in [5, 5.41) is 0. The molecule has 0 amide bonds. The standard InChI is InChI=1S/C12H24N.BrH/c1-2-5-9-13(10-6-3-1)11-7-4-8-12-13;/h1-12H2;1H/q+1;/p-1. The van der Waals surface area contributed by atoms with E-state index in [9.17, 15) is 0 Å². The first-order valence-corrected chi connectivity index (χ1v) is 6.26. The highest BCUT2D eigenvalue weighted by atomic mass is 79.9. The highest BCUT2D eigenvalue weighted by Crippen LogP contribution is 2.23. The van der Waals surface area contributed by atoms with Crippen LogP contribution in [-0.2, 0) is 0 Å². The van der Waals surface area contributed by atoms with Crippen molar-refractivity contribution in [2.75, 3.05) is 26.2 Å². The van der Waals surface area contributed by atoms with Gasteiger partial charge in [0.25, 0.3) is 0 Å². The number of piperidine rings is 1. The van der Waals surface area contributed by atoms with Crippen LogP contribution in [0.15, 0.2) is 0 Å². The molecule has 2 aliphatic heterocycles. The molecule has 84 valence electrons. The molecule has 1 nitrogen and oxygen atoms in total. The zero-order valence-electron chi connectivity index (χ0n) is 9.31. The SMILES string of the molecule is C1CCC[N+]2(CCC1)CCCCC2.[Br-]. The highest BCUT2D eigenvalue weighted by Gasteiger charge is 2.29. The van der Waals surface area contributed by atoms with Crippen molar-refractivity contribution in [3.8, 4) is 0 Å². The normalized spacial score (nSPS) is 27.4. The van der Waals surface area contributed by atoms with E-state index >= 15 is 0 Å². The van der Waals surface area contributed by atoms with Crippen LogP contribution in [0.25, 0.3) is 0 Å². The van der Waals surface area contributed by atoms with Crippen molar-refractivity contribution in [2.45, 2.75) is 51.4 Å². The maximum Gasteiger partial charge on any atom is 0.0786 e. The van der Waals surface area contributed by atoms with E-state index in [4.69, 9.17) is 0 Å². The average Bonchev–Trinajstić information content (AvgIpc) is 2.14. The molecule has 0 aromatic carbocycles. The van der Waals surface area contributed by atoms with Gasteiger partial charge < -0.3 is 21.5 Å². The summed E-state index contributed by atoms with van der Waals surface area (Å²) in [5.41, 5.74) is 0. The summed E-state index contributed by atoms with van der Waals surface area (Å²) in [6, 6.07) is 0. The molecule has 0 radical (unpaired) electrons. The average molecular weight is 262 g/mol. The summed E-state index contributed by atoms with van der Waals surface area (Å²) >= 11 is 0. The molecule has 0 N–H and O–H groups in total. The molecule has 0 saturated carbocycles. The molecule has 0 aromatic heterocycles. The van der Waals surface area contributed by atoms with Gasteiger partial charge in [-0.05, 0) is 44.9 Å². The van der Waals surface area contributed by atoms with Crippen molar-refractivity contribution in [2.24, 2.45) is 0 Å². The Kier molecular flexibility index (Phi) is 5.47. The highest BCUT2D eigenvalue weighted by molar-refractivity contribution is 4.58. The van der Waals surface area contributed by atoms with Gasteiger partial charge in [-0.1, -0.05) is 6.42 Å². The first-order chi connectivity index (χ1) is 6.41. The zero-order valence-corrected chi connectivity index (χ0v) is 10.9. The van der Waals surface area contributed by atoms with Crippen LogP contribution in [0.4, 0.5) is 0 Å². The van der Waals surface area contributed by atoms with Gasteiger partial charge in [-0.2, -0.15) is 0 Å². The summed E-state index contributed by atoms with van der Waals surface area (Å²) in [6.07, 6.45) is 12.0. The van der Waals surface area contributed by atoms with Crippen molar-refractivity contribution in [1.29, 1.82) is 0 Å². The summed E-state index contributed by atoms with van der Waals surface area (Å²) in [5.74, 6) is 0. The van der Waals surface area contributed by atoms with E-state index < -0.39 is 0 Å². The molecule has 2 heteroatoms. The Balaban J connectivity index is 0.000000980. The predicted molar refractivity (Wildman–Crippen MR) is 56.7 cm³/mol. The number of hydrogen-bond acceptors (Lipinski definition) is 0. The van der Waals surface area contributed by atoms with Crippen LogP contribution >= 0.6 is 0 Å². The fraction of sp³-hybridized carbons (Fsp3) is 1.00. The summed E-state index contributed by atoms with van der Waals surface area (Å²) < 4.78 is 1.50. The predicted octanol–water partition coefficient (Wildman–Crippen LogP) is -0.0448. The van der Waals surface area contributed by atoms with Crippen LogP contribution in [0, 0.1) is 0 Å². The van der Waals surface area contributed by atoms with E-state index in [1.807, 2.05) is 0 Å². The smallest absolute Gasteiger partial charge is 0.0786 e. The van der Waals surface area contributed by atoms with E-state index in [0.29, 0.717) is 0 Å². The molecule has 0 aliphatic carbocycles. The molecule has 0 aromatic rings. The second-order valence-electron chi connectivity index (χ2n) is 5.06. The Morgan fingerprint density at radius 2 is 0.714 bits per heavy atom. The monoisotopic (exact) mass is 261 g/mol. The molecule has 2 aliphatic rings. The molecule has 14 heavy (non-hydrogen) atoms. The van der Waals surface area contributed by atoms with Crippen LogP contribution in [0.1, 0.15) is 51.4 Å². The Labute approximate surface area is 99.2 Å². The van der Waals surface area contributed by atoms with Crippen LogP contribution in [0.2, 0.25) is 0 Å². The van der Waals surface area contributed by atoms with E-state index in [0.717, 1.165) is 0 Å². The Morgan fingerprint density at radius 1 is 0.429 bits per heavy atom. The first kappa shape index (κ1) is 12.5. The Hall–Kier alpha value is 0.440. The van der Waals surface area contributed by atoms with Crippen molar-refractivity contribution < 1.29 is 21.5 Å². The summed E-state index contributed by atoms with van der Waals surface area (Å²) in [7, 11) is 0. The number of quaternary nitrogens is 1. The van der Waals surface area contributed by atoms with Gasteiger partial charge in [0.15, 0.2) is 0 Å². The van der Waals surface area contributed by atoms with E-state index in [2.05, 4.69) is 0 Å². The second kappa shape index (κ2) is 6.12. The van der Waals surface area contributed by atoms with Crippen LogP contribution in [0.5, 0.6) is 0 Å². The van der Waals surface area contributed by atoms with Gasteiger partial charge in [-0.3, -0.25) is 0 Å². The third-order valence-corrected chi connectivity index (χ3v) is 4.03. The molecule has 0 atom stereocenters. The molecule has 0 unspecified atom stereocenters. The second-order valence-corrected chi connectivity index (χ2v) is 5.06. The third-order valence-electron chi connectivity index (χ3n) is 4.03. The molecule has 2 heterocycles. The van der Waals surface area contributed by atoms with Gasteiger partial charge in [0, 0.05) is 0 Å². The third kappa shape index (κ3) is 3.23. The maximum atomic E-state index is 1.50. The lowest BCUT2D eigenvalue weighted by atomic mass is 10.0. The quantitative estimate of drug-likeness (QED) is 0.537. The van der Waals surface area contributed by atoms with Gasteiger partial charge in [0.05, 0.1) is 26.2 Å². The van der Waals surface area contributed by atoms with E-state index in [1.165, 1.54) is 82.0 Å². The molecule has 0 bridgehead atoms. The van der Waals surface area contributed by atoms with Crippen molar-refractivity contribution in [1.82, 2.24) is 0 Å². The fourth-order valence-electron chi connectivity index (χ4n) is 3.17. The lowest BCUT2D eigenvalue weighted by Crippen LogP contribution is -3.00. The largest absolute Gasteiger partial charge is 1.00 e. The molecule has 2 saturated heterocycles. The van der Waals surface area contributed by atoms with Crippen LogP contribution in [-0.4, -0.2) is 30.7 Å². The lowest BCUT2D eigenvalue weighted by Gasteiger charge is -2.42. The van der Waals surface area contributed by atoms with Gasteiger partial charge in [-0.15, -0.1) is 0 Å². The number of halogens is 1. The van der Waals surface area contributed by atoms with Crippen LogP contribution in [0.3, 0.4) is 0 Å². The first-order valence-electron chi connectivity index (χ1n) is 6.26. The van der Waals surface area contributed by atoms with Crippen molar-refractivity contribution in [3.05, 3.63) is 0 Å². The molecule has 1 spiro atoms. The zero-order chi connectivity index (χ0) is 8.99. The fourth-order valence-corrected chi connectivity index (χ4v) is 3.17. The van der Waals surface area contributed by atoms with Crippen molar-refractivity contribution >= 4 is 0 Å². The van der Waals surface area contributed by atoms with Gasteiger partial charge in [0.1, 0.15) is 0 Å². The number of nitrogens with zero attached hydrogens (tertiary/aromatic N) is 1. The van der Waals surface area contributed by atoms with Crippen molar-refractivity contribution in [3.63, 3.8) is 0 Å². The molecule has 2 fully saturated rings. The summed E-state index contributed by atoms with van der Waals surface area (Å²) in [4.78, 5) is 0. The van der Waals surface area contributed by atoms with Gasteiger partial charge in [0.2, 0.25) is 0 Å². The summed E-state index contributed by atoms with van der Waals surface area (Å²) in [6.45, 7) is 6.00. The van der Waals surface area contributed by atoms with E-state index in [-0.39, 0.29) is 17.0 Å². The minimum absolute atomic E-state index is 0. The van der Waals surface area contributed by atoms with E-state index in [1.54, 1.807) is 0 Å². The van der Waals surface area contributed by atoms with Crippen LogP contribution < -0.4 is 17.0 Å². The lowest BCUT2D eigenvalue weighted by molar-refractivity contribution is -0.933. The molecule has 2 rings (SSSR count). The minimum Gasteiger partial charge on any atom is -1.00 e. The maximum absolute atomic E-state index is 1.50. The number of rotatable bonds is 0. The van der Waals surface area contributed by atoms with Gasteiger partial charge in [-0.25, -0.2) is 0 Å².